The summed E-state index contributed by atoms with van der Waals surface area (Å²) in [5.41, 5.74) is -0.0660. The first kappa shape index (κ1) is 25.9. The Balaban J connectivity index is 1.08. The summed E-state index contributed by atoms with van der Waals surface area (Å²) >= 11 is 0. The first-order valence-electron chi connectivity index (χ1n) is 13.9. The number of piperidine rings is 1. The van der Waals surface area contributed by atoms with Crippen LogP contribution in [0.2, 0.25) is 0 Å². The molecule has 5 rings (SSSR count). The number of hydrogen-bond donors (Lipinski definition) is 2. The smallest absolute Gasteiger partial charge is 0.248 e. The Morgan fingerprint density at radius 1 is 1.00 bits per heavy atom. The first-order chi connectivity index (χ1) is 17.8. The topological polar surface area (TPSA) is 85.0 Å². The van der Waals surface area contributed by atoms with Crippen molar-refractivity contribution in [2.45, 2.75) is 69.9 Å². The number of hydrogen-bond acceptors (Lipinski definition) is 5. The molecule has 3 aliphatic heterocycles. The lowest BCUT2D eigenvalue weighted by Crippen LogP contribution is -2.59. The molecule has 0 unspecified atom stereocenters. The summed E-state index contributed by atoms with van der Waals surface area (Å²) in [5.74, 6) is -0.190. The monoisotopic (exact) mass is 513 g/mol. The van der Waals surface area contributed by atoms with E-state index in [9.17, 15) is 18.8 Å². The number of halogens is 1. The zero-order valence-corrected chi connectivity index (χ0v) is 21.9. The molecular formula is C28H40FN5O3. The molecule has 1 spiro atoms. The van der Waals surface area contributed by atoms with Crippen molar-refractivity contribution < 1.29 is 18.8 Å². The highest BCUT2D eigenvalue weighted by atomic mass is 19.1. The number of carbonyl (C=O) groups excluding carboxylic acids is 3. The van der Waals surface area contributed by atoms with Crippen molar-refractivity contribution in [1.82, 2.24) is 20.4 Å². The molecule has 37 heavy (non-hydrogen) atoms. The number of nitrogens with one attached hydrogen (secondary N) is 2. The molecule has 9 heteroatoms. The Labute approximate surface area is 218 Å². The molecule has 202 valence electrons. The maximum Gasteiger partial charge on any atom is 0.248 e. The van der Waals surface area contributed by atoms with Gasteiger partial charge in [-0.2, -0.15) is 0 Å². The fraction of sp³-hybridized carbons (Fsp3) is 0.679. The third-order valence-corrected chi connectivity index (χ3v) is 9.10. The number of anilines is 1. The van der Waals surface area contributed by atoms with Crippen LogP contribution in [-0.4, -0.2) is 84.9 Å². The Hall–Kier alpha value is -2.68. The first-order valence-corrected chi connectivity index (χ1v) is 13.9. The van der Waals surface area contributed by atoms with Crippen LogP contribution in [0.1, 0.15) is 58.3 Å². The highest BCUT2D eigenvalue weighted by Gasteiger charge is 2.51. The van der Waals surface area contributed by atoms with Gasteiger partial charge in [0, 0.05) is 64.5 Å². The Morgan fingerprint density at radius 2 is 1.65 bits per heavy atom. The minimum absolute atomic E-state index is 0.0322. The van der Waals surface area contributed by atoms with Crippen molar-refractivity contribution in [1.29, 1.82) is 0 Å². The summed E-state index contributed by atoms with van der Waals surface area (Å²) in [6.07, 6.45) is 6.45. The highest BCUT2D eigenvalue weighted by Crippen LogP contribution is 2.42. The van der Waals surface area contributed by atoms with Crippen molar-refractivity contribution in [2.24, 2.45) is 5.41 Å². The van der Waals surface area contributed by atoms with Gasteiger partial charge in [-0.25, -0.2) is 4.39 Å². The van der Waals surface area contributed by atoms with Crippen molar-refractivity contribution in [3.8, 4) is 0 Å². The molecule has 3 amide bonds. The zero-order chi connectivity index (χ0) is 26.0. The molecule has 3 heterocycles. The molecule has 0 aromatic heterocycles. The maximum atomic E-state index is 13.4. The van der Waals surface area contributed by atoms with Gasteiger partial charge < -0.3 is 20.4 Å². The third-order valence-electron chi connectivity index (χ3n) is 9.10. The number of nitrogens with zero attached hydrogens (tertiary/aromatic N) is 3. The quantitative estimate of drug-likeness (QED) is 0.610. The predicted molar refractivity (Wildman–Crippen MR) is 139 cm³/mol. The van der Waals surface area contributed by atoms with Crippen LogP contribution >= 0.6 is 0 Å². The summed E-state index contributed by atoms with van der Waals surface area (Å²) < 4.78 is 13.2. The molecule has 4 fully saturated rings. The van der Waals surface area contributed by atoms with Crippen LogP contribution in [0.15, 0.2) is 24.3 Å². The number of carbonyl (C=O) groups is 3. The van der Waals surface area contributed by atoms with Crippen LogP contribution in [0.3, 0.4) is 0 Å². The molecule has 1 atom stereocenters. The van der Waals surface area contributed by atoms with Crippen LogP contribution in [-0.2, 0) is 14.4 Å². The van der Waals surface area contributed by atoms with Gasteiger partial charge in [0.15, 0.2) is 0 Å². The van der Waals surface area contributed by atoms with Gasteiger partial charge in [0.1, 0.15) is 11.4 Å². The van der Waals surface area contributed by atoms with Crippen LogP contribution < -0.4 is 15.5 Å². The van der Waals surface area contributed by atoms with Gasteiger partial charge in [-0.05, 0) is 62.8 Å². The molecule has 0 radical (unpaired) electrons. The van der Waals surface area contributed by atoms with E-state index >= 15 is 0 Å². The zero-order valence-electron chi connectivity index (χ0n) is 21.9. The number of benzene rings is 1. The molecule has 3 saturated heterocycles. The Kier molecular flexibility index (Phi) is 7.43. The van der Waals surface area contributed by atoms with Gasteiger partial charge in [-0.3, -0.25) is 19.3 Å². The van der Waals surface area contributed by atoms with E-state index in [2.05, 4.69) is 20.4 Å². The van der Waals surface area contributed by atoms with Crippen molar-refractivity contribution in [3.05, 3.63) is 30.1 Å². The lowest BCUT2D eigenvalue weighted by atomic mass is 9.75. The van der Waals surface area contributed by atoms with E-state index in [0.29, 0.717) is 38.8 Å². The lowest BCUT2D eigenvalue weighted by Gasteiger charge is -2.41. The van der Waals surface area contributed by atoms with Crippen LogP contribution in [0.5, 0.6) is 0 Å². The largest absolute Gasteiger partial charge is 0.369 e. The second kappa shape index (κ2) is 10.6. The summed E-state index contributed by atoms with van der Waals surface area (Å²) in [5, 5.41) is 6.21. The van der Waals surface area contributed by atoms with E-state index in [0.717, 1.165) is 64.1 Å². The van der Waals surface area contributed by atoms with Gasteiger partial charge in [0.05, 0.1) is 5.41 Å². The molecular weight excluding hydrogens is 473 g/mol. The normalized spacial score (nSPS) is 25.4. The van der Waals surface area contributed by atoms with E-state index in [1.165, 1.54) is 19.1 Å². The molecule has 1 aromatic carbocycles. The fourth-order valence-corrected chi connectivity index (χ4v) is 6.93. The van der Waals surface area contributed by atoms with E-state index in [1.807, 2.05) is 17.0 Å². The highest BCUT2D eigenvalue weighted by molar-refractivity contribution is 5.92. The number of amides is 3. The summed E-state index contributed by atoms with van der Waals surface area (Å²) in [6, 6.07) is 6.87. The second-order valence-corrected chi connectivity index (χ2v) is 11.5. The summed E-state index contributed by atoms with van der Waals surface area (Å²) in [4.78, 5) is 44.9. The molecule has 4 aliphatic rings. The van der Waals surface area contributed by atoms with Gasteiger partial charge >= 0.3 is 0 Å². The molecule has 1 saturated carbocycles. The van der Waals surface area contributed by atoms with Gasteiger partial charge in [-0.1, -0.05) is 12.8 Å². The van der Waals surface area contributed by atoms with Crippen LogP contribution in [0.25, 0.3) is 0 Å². The molecule has 1 aromatic rings. The SMILES string of the molecule is CC(=O)NC1(C(=O)N2CCC3(CC2)C[C@H](CCN2CCN(c4ccc(F)cc4)CC2)NC3=O)CCCC1. The summed E-state index contributed by atoms with van der Waals surface area (Å²) in [6.45, 7) is 7.31. The minimum atomic E-state index is -0.752. The molecule has 0 bridgehead atoms. The number of likely N-dealkylation sites (tertiary alicyclic amines) is 1. The van der Waals surface area contributed by atoms with Crippen molar-refractivity contribution in [3.63, 3.8) is 0 Å². The maximum absolute atomic E-state index is 13.4. The van der Waals surface area contributed by atoms with Gasteiger partial charge in [-0.15, -0.1) is 0 Å². The fourth-order valence-electron chi connectivity index (χ4n) is 6.93. The second-order valence-electron chi connectivity index (χ2n) is 11.5. The Bertz CT molecular complexity index is 994. The molecule has 2 N–H and O–H groups in total. The standard InChI is InChI=1S/C28H40FN5O3/c1-21(35)31-28(9-2-3-10-28)26(37)34-14-11-27(12-15-34)20-23(30-25(27)36)8-13-32-16-18-33(19-17-32)24-6-4-22(29)5-7-24/h4-7,23H,2-3,8-20H2,1H3,(H,30,36)(H,31,35)/t23-/m0/s1. The van der Waals surface area contributed by atoms with E-state index < -0.39 is 5.54 Å². The average molecular weight is 514 g/mol. The summed E-state index contributed by atoms with van der Waals surface area (Å²) in [7, 11) is 0. The molecule has 1 aliphatic carbocycles. The van der Waals surface area contributed by atoms with E-state index in [-0.39, 0.29) is 35.0 Å². The predicted octanol–water partition coefficient (Wildman–Crippen LogP) is 2.28. The van der Waals surface area contributed by atoms with Crippen molar-refractivity contribution >= 4 is 23.4 Å². The Morgan fingerprint density at radius 3 is 2.27 bits per heavy atom. The van der Waals surface area contributed by atoms with E-state index in [1.54, 1.807) is 0 Å². The van der Waals surface area contributed by atoms with Gasteiger partial charge in [0.2, 0.25) is 17.7 Å². The van der Waals surface area contributed by atoms with E-state index in [4.69, 9.17) is 0 Å². The number of rotatable bonds is 6. The molecule has 8 nitrogen and oxygen atoms in total. The van der Waals surface area contributed by atoms with Crippen molar-refractivity contribution in [2.75, 3.05) is 50.7 Å². The average Bonchev–Trinajstić information content (AvgIpc) is 3.48. The third kappa shape index (κ3) is 5.47. The van der Waals surface area contributed by atoms with Gasteiger partial charge in [0.25, 0.3) is 0 Å². The van der Waals surface area contributed by atoms with Crippen LogP contribution in [0.4, 0.5) is 10.1 Å². The minimum Gasteiger partial charge on any atom is -0.369 e. The van der Waals surface area contributed by atoms with Crippen LogP contribution in [0, 0.1) is 11.2 Å². The number of piperazine rings is 1. The lowest BCUT2D eigenvalue weighted by molar-refractivity contribution is -0.145.